The number of alkyl halides is 4. The first-order valence-electron chi connectivity index (χ1n) is 10.9. The molecule has 1 heterocycles. The van der Waals surface area contributed by atoms with Gasteiger partial charge in [0.2, 0.25) is 5.85 Å². The van der Waals surface area contributed by atoms with Gasteiger partial charge in [0, 0.05) is 34.3 Å². The Morgan fingerprint density at radius 1 is 1.19 bits per heavy atom. The highest BCUT2D eigenvalue weighted by Crippen LogP contribution is 2.47. The van der Waals surface area contributed by atoms with Crippen molar-refractivity contribution in [3.05, 3.63) is 34.8 Å². The van der Waals surface area contributed by atoms with Gasteiger partial charge in [-0.2, -0.15) is 13.2 Å². The molecule has 3 nitrogen and oxygen atoms in total. The second-order valence-corrected chi connectivity index (χ2v) is 9.22. The fourth-order valence-corrected chi connectivity index (χ4v) is 4.34. The smallest absolute Gasteiger partial charge is 0.328 e. The van der Waals surface area contributed by atoms with Crippen LogP contribution in [-0.2, 0) is 4.74 Å². The van der Waals surface area contributed by atoms with Gasteiger partial charge in [0.15, 0.2) is 6.10 Å². The van der Waals surface area contributed by atoms with E-state index in [1.165, 1.54) is 17.4 Å². The minimum absolute atomic E-state index is 0.171. The third-order valence-electron chi connectivity index (χ3n) is 5.57. The summed E-state index contributed by atoms with van der Waals surface area (Å²) in [5.74, 6) is -3.14. The van der Waals surface area contributed by atoms with Crippen LogP contribution < -0.4 is 0 Å². The summed E-state index contributed by atoms with van der Waals surface area (Å²) >= 11 is 1.39. The van der Waals surface area contributed by atoms with Gasteiger partial charge in [-0.1, -0.05) is 45.7 Å². The van der Waals surface area contributed by atoms with Crippen molar-refractivity contribution >= 4 is 22.7 Å². The SMILES string of the molecule is CCCC(C)=Nc1c(C(OC(C)(F)C(C)CCC)C(F)(F)F)ccc(-c2nccs2)c1C. The minimum atomic E-state index is -4.81. The highest BCUT2D eigenvalue weighted by atomic mass is 32.1. The van der Waals surface area contributed by atoms with Crippen molar-refractivity contribution < 1.29 is 22.3 Å². The van der Waals surface area contributed by atoms with Gasteiger partial charge in [0.05, 0.1) is 5.69 Å². The first-order chi connectivity index (χ1) is 14.9. The fraction of sp³-hybridized carbons (Fsp3) is 0.583. The van der Waals surface area contributed by atoms with Crippen LogP contribution in [0.2, 0.25) is 0 Å². The highest BCUT2D eigenvalue weighted by Gasteiger charge is 2.48. The lowest BCUT2D eigenvalue weighted by molar-refractivity contribution is -0.293. The Morgan fingerprint density at radius 3 is 2.41 bits per heavy atom. The van der Waals surface area contributed by atoms with Crippen molar-refractivity contribution in [1.29, 1.82) is 0 Å². The lowest BCUT2D eigenvalue weighted by Gasteiger charge is -2.34. The largest absolute Gasteiger partial charge is 0.419 e. The molecule has 0 saturated heterocycles. The molecule has 0 spiro atoms. The van der Waals surface area contributed by atoms with Crippen LogP contribution in [0.4, 0.5) is 23.2 Å². The van der Waals surface area contributed by atoms with E-state index in [2.05, 4.69) is 9.98 Å². The van der Waals surface area contributed by atoms with E-state index in [0.717, 1.165) is 13.3 Å². The molecule has 0 aliphatic carbocycles. The van der Waals surface area contributed by atoms with Crippen molar-refractivity contribution in [1.82, 2.24) is 4.98 Å². The van der Waals surface area contributed by atoms with Crippen molar-refractivity contribution in [2.24, 2.45) is 10.9 Å². The average molecular weight is 473 g/mol. The maximum absolute atomic E-state index is 15.3. The summed E-state index contributed by atoms with van der Waals surface area (Å²) in [6.45, 7) is 9.99. The minimum Gasteiger partial charge on any atom is -0.328 e. The number of nitrogens with zero attached hydrogens (tertiary/aromatic N) is 2. The van der Waals surface area contributed by atoms with Gasteiger partial charge >= 0.3 is 6.18 Å². The normalized spacial score (nSPS) is 16.6. The molecule has 0 aliphatic rings. The molecule has 2 rings (SSSR count). The van der Waals surface area contributed by atoms with Gasteiger partial charge in [-0.3, -0.25) is 4.99 Å². The Balaban J connectivity index is 2.67. The van der Waals surface area contributed by atoms with Crippen LogP contribution in [0, 0.1) is 12.8 Å². The van der Waals surface area contributed by atoms with Crippen LogP contribution in [0.1, 0.15) is 77.5 Å². The molecule has 3 atom stereocenters. The molecule has 0 amide bonds. The van der Waals surface area contributed by atoms with E-state index in [9.17, 15) is 13.2 Å². The van der Waals surface area contributed by atoms with Gasteiger partial charge in [-0.25, -0.2) is 9.37 Å². The number of aromatic nitrogens is 1. The number of hydrogen-bond acceptors (Lipinski definition) is 4. The monoisotopic (exact) mass is 472 g/mol. The number of halogens is 4. The Kier molecular flexibility index (Phi) is 8.99. The molecule has 3 unspecified atom stereocenters. The summed E-state index contributed by atoms with van der Waals surface area (Å²) in [6, 6.07) is 2.94. The molecule has 178 valence electrons. The Labute approximate surface area is 191 Å². The topological polar surface area (TPSA) is 34.5 Å². The van der Waals surface area contributed by atoms with Crippen LogP contribution in [0.3, 0.4) is 0 Å². The summed E-state index contributed by atoms with van der Waals surface area (Å²) in [4.78, 5) is 8.84. The summed E-state index contributed by atoms with van der Waals surface area (Å²) in [6.07, 6.45) is -3.08. The standard InChI is InChI=1S/C24H32F4N2OS/c1-7-9-15(3)23(6,25)31-21(24(26,27)28)19-12-11-18(22-29-13-14-32-22)17(5)20(19)30-16(4)10-8-2/h11-15,21H,7-10H2,1-6H3. The van der Waals surface area contributed by atoms with E-state index >= 15 is 4.39 Å². The van der Waals surface area contributed by atoms with Crippen LogP contribution in [-0.4, -0.2) is 22.7 Å². The van der Waals surface area contributed by atoms with Gasteiger partial charge in [-0.15, -0.1) is 11.3 Å². The van der Waals surface area contributed by atoms with E-state index in [-0.39, 0.29) is 11.3 Å². The van der Waals surface area contributed by atoms with E-state index in [0.29, 0.717) is 41.1 Å². The van der Waals surface area contributed by atoms with E-state index in [1.54, 1.807) is 38.4 Å². The van der Waals surface area contributed by atoms with Crippen LogP contribution in [0.5, 0.6) is 0 Å². The Morgan fingerprint density at radius 2 is 1.88 bits per heavy atom. The maximum atomic E-state index is 15.3. The van der Waals surface area contributed by atoms with Crippen molar-refractivity contribution in [3.63, 3.8) is 0 Å². The third-order valence-corrected chi connectivity index (χ3v) is 6.38. The summed E-state index contributed by atoms with van der Waals surface area (Å²) < 4.78 is 63.1. The predicted octanol–water partition coefficient (Wildman–Crippen LogP) is 8.75. The highest BCUT2D eigenvalue weighted by molar-refractivity contribution is 7.13. The van der Waals surface area contributed by atoms with E-state index in [1.807, 2.05) is 13.8 Å². The Hall–Kier alpha value is -1.80. The molecule has 0 bridgehead atoms. The summed E-state index contributed by atoms with van der Waals surface area (Å²) in [7, 11) is 0. The van der Waals surface area contributed by atoms with Gasteiger partial charge in [0.1, 0.15) is 5.01 Å². The Bertz CT molecular complexity index is 907. The molecule has 0 aliphatic heterocycles. The number of ether oxygens (including phenoxy) is 1. The zero-order valence-electron chi connectivity index (χ0n) is 19.5. The second-order valence-electron chi connectivity index (χ2n) is 8.33. The fourth-order valence-electron chi connectivity index (χ4n) is 3.62. The van der Waals surface area contributed by atoms with Crippen LogP contribution in [0.15, 0.2) is 28.7 Å². The maximum Gasteiger partial charge on any atom is 0.419 e. The van der Waals surface area contributed by atoms with Gasteiger partial charge in [-0.05, 0) is 39.2 Å². The molecule has 0 N–H and O–H groups in total. The van der Waals surface area contributed by atoms with Crippen LogP contribution in [0.25, 0.3) is 10.6 Å². The molecular formula is C24H32F4N2OS. The van der Waals surface area contributed by atoms with E-state index in [4.69, 9.17) is 4.74 Å². The number of aliphatic imine (C=N–C) groups is 1. The molecule has 32 heavy (non-hydrogen) atoms. The molecule has 2 aromatic rings. The summed E-state index contributed by atoms with van der Waals surface area (Å²) in [5, 5.41) is 2.49. The quantitative estimate of drug-likeness (QED) is 0.256. The molecule has 0 saturated carbocycles. The number of benzene rings is 1. The molecule has 0 radical (unpaired) electrons. The lowest BCUT2D eigenvalue weighted by atomic mass is 9.95. The third kappa shape index (κ3) is 6.38. The van der Waals surface area contributed by atoms with E-state index < -0.39 is 24.1 Å². The van der Waals surface area contributed by atoms with Crippen molar-refractivity contribution in [2.45, 2.75) is 85.4 Å². The number of hydrogen-bond donors (Lipinski definition) is 0. The second kappa shape index (κ2) is 10.9. The average Bonchev–Trinajstić information content (AvgIpc) is 3.22. The molecule has 1 aromatic carbocycles. The van der Waals surface area contributed by atoms with Gasteiger partial charge < -0.3 is 4.74 Å². The zero-order valence-corrected chi connectivity index (χ0v) is 20.3. The van der Waals surface area contributed by atoms with Crippen molar-refractivity contribution in [2.75, 3.05) is 0 Å². The van der Waals surface area contributed by atoms with Crippen LogP contribution >= 0.6 is 11.3 Å². The first kappa shape index (κ1) is 26.5. The predicted molar refractivity (Wildman–Crippen MR) is 123 cm³/mol. The lowest BCUT2D eigenvalue weighted by Crippen LogP contribution is -2.37. The molecule has 0 fully saturated rings. The zero-order chi connectivity index (χ0) is 24.1. The van der Waals surface area contributed by atoms with Gasteiger partial charge in [0.25, 0.3) is 0 Å². The number of thiazole rings is 1. The summed E-state index contributed by atoms with van der Waals surface area (Å²) in [5.41, 5.74) is 1.96. The molecule has 8 heteroatoms. The first-order valence-corrected chi connectivity index (χ1v) is 11.8. The number of rotatable bonds is 10. The molecule has 1 aromatic heterocycles. The van der Waals surface area contributed by atoms with Crippen molar-refractivity contribution in [3.8, 4) is 10.6 Å². The molecular weight excluding hydrogens is 440 g/mol.